The van der Waals surface area contributed by atoms with Gasteiger partial charge in [-0.25, -0.2) is 14.2 Å². The SMILES string of the molecule is COc1ccc2[nH]c(=O)n(C(=O)NC3C[C@H]4CC[C@@H](C3)N4C)c2c1. The number of fused-ring (bicyclic) bond motifs is 3. The van der Waals surface area contributed by atoms with Crippen LogP contribution in [0.15, 0.2) is 23.0 Å². The molecule has 1 amide bonds. The van der Waals surface area contributed by atoms with Gasteiger partial charge in [-0.15, -0.1) is 0 Å². The molecule has 1 aromatic heterocycles. The third-order valence-electron chi connectivity index (χ3n) is 5.52. The molecule has 2 N–H and O–H groups in total. The van der Waals surface area contributed by atoms with Gasteiger partial charge in [0.05, 0.1) is 18.1 Å². The van der Waals surface area contributed by atoms with Crippen molar-refractivity contribution in [3.05, 3.63) is 28.7 Å². The molecule has 2 aliphatic heterocycles. The molecule has 2 aliphatic rings. The molecule has 2 aromatic rings. The van der Waals surface area contributed by atoms with Gasteiger partial charge in [0.2, 0.25) is 0 Å². The molecule has 1 aromatic carbocycles. The molecule has 0 aliphatic carbocycles. The number of aromatic amines is 1. The molecule has 3 atom stereocenters. The summed E-state index contributed by atoms with van der Waals surface area (Å²) in [4.78, 5) is 30.1. The number of hydrogen-bond donors (Lipinski definition) is 2. The van der Waals surface area contributed by atoms with Crippen LogP contribution in [0.1, 0.15) is 25.7 Å². The highest BCUT2D eigenvalue weighted by atomic mass is 16.5. The van der Waals surface area contributed by atoms with E-state index in [-0.39, 0.29) is 12.1 Å². The van der Waals surface area contributed by atoms with E-state index in [9.17, 15) is 9.59 Å². The minimum atomic E-state index is -0.424. The first kappa shape index (κ1) is 15.3. The zero-order valence-corrected chi connectivity index (χ0v) is 13.9. The van der Waals surface area contributed by atoms with Crippen molar-refractivity contribution in [2.24, 2.45) is 0 Å². The minimum absolute atomic E-state index is 0.119. The summed E-state index contributed by atoms with van der Waals surface area (Å²) in [5, 5.41) is 3.05. The number of nitrogens with one attached hydrogen (secondary N) is 2. The van der Waals surface area contributed by atoms with E-state index in [0.29, 0.717) is 28.9 Å². The summed E-state index contributed by atoms with van der Waals surface area (Å²) in [5.74, 6) is 0.611. The Labute approximate surface area is 139 Å². The summed E-state index contributed by atoms with van der Waals surface area (Å²) < 4.78 is 6.36. The average Bonchev–Trinajstić information content (AvgIpc) is 2.97. The molecule has 3 heterocycles. The maximum atomic E-state index is 12.7. The molecule has 0 saturated carbocycles. The second kappa shape index (κ2) is 5.66. The normalized spacial score (nSPS) is 26.7. The largest absolute Gasteiger partial charge is 0.497 e. The smallest absolute Gasteiger partial charge is 0.334 e. The number of nitrogens with zero attached hydrogens (tertiary/aromatic N) is 2. The van der Waals surface area contributed by atoms with Crippen molar-refractivity contribution in [2.45, 2.75) is 43.8 Å². The van der Waals surface area contributed by atoms with Crippen LogP contribution in [-0.2, 0) is 0 Å². The van der Waals surface area contributed by atoms with Crippen LogP contribution < -0.4 is 15.7 Å². The number of imidazole rings is 1. The first-order chi connectivity index (χ1) is 11.6. The van der Waals surface area contributed by atoms with Crippen molar-refractivity contribution < 1.29 is 9.53 Å². The zero-order chi connectivity index (χ0) is 16.8. The van der Waals surface area contributed by atoms with Crippen molar-refractivity contribution in [1.29, 1.82) is 0 Å². The number of aromatic nitrogens is 2. The lowest BCUT2D eigenvalue weighted by Gasteiger charge is -2.36. The lowest BCUT2D eigenvalue weighted by Crippen LogP contribution is -2.50. The van der Waals surface area contributed by atoms with Crippen LogP contribution in [0, 0.1) is 0 Å². The summed E-state index contributed by atoms with van der Waals surface area (Å²) in [6.07, 6.45) is 4.27. The Balaban J connectivity index is 1.60. The molecule has 0 radical (unpaired) electrons. The van der Waals surface area contributed by atoms with E-state index in [2.05, 4.69) is 22.2 Å². The number of piperidine rings is 1. The lowest BCUT2D eigenvalue weighted by atomic mass is 9.98. The molecule has 2 saturated heterocycles. The van der Waals surface area contributed by atoms with Crippen molar-refractivity contribution in [3.8, 4) is 5.75 Å². The lowest BCUT2D eigenvalue weighted by molar-refractivity contribution is 0.150. The van der Waals surface area contributed by atoms with E-state index < -0.39 is 5.69 Å². The number of ether oxygens (including phenoxy) is 1. The summed E-state index contributed by atoms with van der Waals surface area (Å²) in [6.45, 7) is 0. The zero-order valence-electron chi connectivity index (χ0n) is 13.9. The van der Waals surface area contributed by atoms with Crippen LogP contribution in [0.2, 0.25) is 0 Å². The Morgan fingerprint density at radius 3 is 2.67 bits per heavy atom. The van der Waals surface area contributed by atoms with E-state index in [0.717, 1.165) is 17.4 Å². The first-order valence-electron chi connectivity index (χ1n) is 8.38. The molecule has 1 unspecified atom stereocenters. The van der Waals surface area contributed by atoms with Gasteiger partial charge in [-0.05, 0) is 44.9 Å². The van der Waals surface area contributed by atoms with Gasteiger partial charge in [0.15, 0.2) is 0 Å². The molecule has 7 nitrogen and oxygen atoms in total. The van der Waals surface area contributed by atoms with Gasteiger partial charge in [-0.3, -0.25) is 0 Å². The summed E-state index contributed by atoms with van der Waals surface area (Å²) in [5.41, 5.74) is 0.735. The second-order valence-electron chi connectivity index (χ2n) is 6.82. The highest BCUT2D eigenvalue weighted by molar-refractivity contribution is 5.89. The van der Waals surface area contributed by atoms with Gasteiger partial charge in [0, 0.05) is 24.2 Å². The predicted molar refractivity (Wildman–Crippen MR) is 90.6 cm³/mol. The fraction of sp³-hybridized carbons (Fsp3) is 0.529. The average molecular weight is 330 g/mol. The van der Waals surface area contributed by atoms with E-state index in [1.165, 1.54) is 12.8 Å². The first-order valence-corrected chi connectivity index (χ1v) is 8.38. The Kier molecular flexibility index (Phi) is 3.60. The van der Waals surface area contributed by atoms with Crippen LogP contribution in [-0.4, -0.2) is 52.8 Å². The fourth-order valence-electron chi connectivity index (χ4n) is 4.18. The molecule has 4 rings (SSSR count). The van der Waals surface area contributed by atoms with Crippen LogP contribution >= 0.6 is 0 Å². The fourth-order valence-corrected chi connectivity index (χ4v) is 4.18. The summed E-state index contributed by atoms with van der Waals surface area (Å²) >= 11 is 0. The third-order valence-corrected chi connectivity index (χ3v) is 5.52. The number of rotatable bonds is 2. The van der Waals surface area contributed by atoms with Gasteiger partial charge in [-0.1, -0.05) is 0 Å². The monoisotopic (exact) mass is 330 g/mol. The van der Waals surface area contributed by atoms with Crippen molar-refractivity contribution >= 4 is 17.1 Å². The van der Waals surface area contributed by atoms with Gasteiger partial charge in [0.25, 0.3) is 0 Å². The molecule has 0 spiro atoms. The van der Waals surface area contributed by atoms with Crippen molar-refractivity contribution in [2.75, 3.05) is 14.2 Å². The van der Waals surface area contributed by atoms with E-state index in [4.69, 9.17) is 4.74 Å². The van der Waals surface area contributed by atoms with Gasteiger partial charge in [0.1, 0.15) is 5.75 Å². The highest BCUT2D eigenvalue weighted by Gasteiger charge is 2.39. The van der Waals surface area contributed by atoms with Crippen LogP contribution in [0.4, 0.5) is 4.79 Å². The van der Waals surface area contributed by atoms with Crippen molar-refractivity contribution in [3.63, 3.8) is 0 Å². The van der Waals surface area contributed by atoms with E-state index in [1.807, 2.05) is 0 Å². The van der Waals surface area contributed by atoms with Crippen LogP contribution in [0.25, 0.3) is 11.0 Å². The molecular weight excluding hydrogens is 308 g/mol. The van der Waals surface area contributed by atoms with Gasteiger partial charge >= 0.3 is 11.7 Å². The Hall–Kier alpha value is -2.28. The molecular formula is C17H22N4O3. The van der Waals surface area contributed by atoms with E-state index in [1.54, 1.807) is 25.3 Å². The highest BCUT2D eigenvalue weighted by Crippen LogP contribution is 2.34. The summed E-state index contributed by atoms with van der Waals surface area (Å²) in [6, 6.07) is 6.03. The number of methoxy groups -OCH3 is 1. The predicted octanol–water partition coefficient (Wildman–Crippen LogP) is 1.52. The Morgan fingerprint density at radius 1 is 1.29 bits per heavy atom. The van der Waals surface area contributed by atoms with E-state index >= 15 is 0 Å². The molecule has 7 heteroatoms. The Bertz CT molecular complexity index is 826. The summed E-state index contributed by atoms with van der Waals surface area (Å²) in [7, 11) is 3.72. The van der Waals surface area contributed by atoms with Gasteiger partial charge < -0.3 is 19.9 Å². The van der Waals surface area contributed by atoms with Crippen LogP contribution in [0.3, 0.4) is 0 Å². The number of carbonyl (C=O) groups is 1. The van der Waals surface area contributed by atoms with Crippen molar-refractivity contribution in [1.82, 2.24) is 19.8 Å². The number of carbonyl (C=O) groups excluding carboxylic acids is 1. The number of benzene rings is 1. The topological polar surface area (TPSA) is 79.4 Å². The number of amides is 1. The molecule has 24 heavy (non-hydrogen) atoms. The molecule has 2 fully saturated rings. The number of H-pyrrole nitrogens is 1. The molecule has 2 bridgehead atoms. The minimum Gasteiger partial charge on any atom is -0.497 e. The quantitative estimate of drug-likeness (QED) is 0.875. The maximum Gasteiger partial charge on any atom is 0.334 e. The number of hydrogen-bond acceptors (Lipinski definition) is 4. The maximum absolute atomic E-state index is 12.7. The second-order valence-corrected chi connectivity index (χ2v) is 6.82. The molecule has 128 valence electrons. The Morgan fingerprint density at radius 2 is 2.00 bits per heavy atom. The van der Waals surface area contributed by atoms with Gasteiger partial charge in [-0.2, -0.15) is 0 Å². The van der Waals surface area contributed by atoms with Crippen LogP contribution in [0.5, 0.6) is 5.75 Å². The standard InChI is InChI=1S/C17H22N4O3/c1-20-11-3-4-12(20)8-10(7-11)18-16(22)21-15-9-13(24-2)5-6-14(15)19-17(21)23/h5-6,9-12H,3-4,7-8H2,1-2H3,(H,18,22)(H,19,23)/t10?,11-,12+. The third kappa shape index (κ3) is 2.39.